The molecule has 1 radical (unpaired) electrons. The molecule has 0 aromatic carbocycles. The molecule has 0 spiro atoms. The Hall–Kier alpha value is -0.250. The molecule has 8 heavy (non-hydrogen) atoms. The first-order valence-electron chi connectivity index (χ1n) is 2.13. The van der Waals surface area contributed by atoms with Crippen LogP contribution in [0.2, 0.25) is 0 Å². The SMILES string of the molecule is [CH2]C([CH2+])(C)C(O)(O)O. The summed E-state index contributed by atoms with van der Waals surface area (Å²) in [5, 5.41) is 25.0. The van der Waals surface area contributed by atoms with Gasteiger partial charge < -0.3 is 15.3 Å². The summed E-state index contributed by atoms with van der Waals surface area (Å²) < 4.78 is 0. The zero-order valence-electron chi connectivity index (χ0n) is 4.76. The summed E-state index contributed by atoms with van der Waals surface area (Å²) in [5.41, 5.74) is -1.40. The number of hydrogen-bond acceptors (Lipinski definition) is 3. The minimum Gasteiger partial charge on any atom is -0.340 e. The lowest BCUT2D eigenvalue weighted by molar-refractivity contribution is -0.351. The zero-order chi connectivity index (χ0) is 7.00. The standard InChI is InChI=1S/C5H10O3/c1-4(2,3)5(6,7)8/h6-8H,1-2H2,3H3/q+1. The lowest BCUT2D eigenvalue weighted by Gasteiger charge is -2.22. The molecule has 0 aliphatic rings. The highest BCUT2D eigenvalue weighted by Crippen LogP contribution is 2.23. The molecule has 0 aromatic rings. The highest BCUT2D eigenvalue weighted by Gasteiger charge is 2.43. The van der Waals surface area contributed by atoms with E-state index in [0.29, 0.717) is 0 Å². The number of rotatable bonds is 1. The van der Waals surface area contributed by atoms with E-state index in [-0.39, 0.29) is 0 Å². The van der Waals surface area contributed by atoms with Gasteiger partial charge in [0.1, 0.15) is 0 Å². The Morgan fingerprint density at radius 2 is 1.50 bits per heavy atom. The van der Waals surface area contributed by atoms with Gasteiger partial charge in [-0.2, -0.15) is 0 Å². The Kier molecular flexibility index (Phi) is 1.57. The molecule has 0 aromatic heterocycles. The Bertz CT molecular complexity index is 62.7. The Labute approximate surface area is 48.6 Å². The number of hydrogen-bond donors (Lipinski definition) is 3. The van der Waals surface area contributed by atoms with Crippen molar-refractivity contribution in [2.24, 2.45) is 5.41 Å². The molecule has 0 bridgehead atoms. The van der Waals surface area contributed by atoms with E-state index in [0.717, 1.165) is 0 Å². The summed E-state index contributed by atoms with van der Waals surface area (Å²) in [6.07, 6.45) is 0. The maximum Gasteiger partial charge on any atom is 0.323 e. The van der Waals surface area contributed by atoms with E-state index in [9.17, 15) is 0 Å². The van der Waals surface area contributed by atoms with Gasteiger partial charge in [-0.1, -0.05) is 0 Å². The van der Waals surface area contributed by atoms with E-state index in [4.69, 9.17) is 15.3 Å². The molecule has 0 fully saturated rings. The van der Waals surface area contributed by atoms with E-state index in [1.807, 2.05) is 0 Å². The third-order valence-electron chi connectivity index (χ3n) is 0.810. The summed E-state index contributed by atoms with van der Waals surface area (Å²) in [6, 6.07) is 0. The average molecular weight is 118 g/mol. The Balaban J connectivity index is 4.02. The van der Waals surface area contributed by atoms with Gasteiger partial charge in [0.15, 0.2) is 5.41 Å². The van der Waals surface area contributed by atoms with Crippen molar-refractivity contribution in [3.05, 3.63) is 13.8 Å². The fourth-order valence-electron chi connectivity index (χ4n) is 0. The van der Waals surface area contributed by atoms with Crippen molar-refractivity contribution in [1.82, 2.24) is 0 Å². The largest absolute Gasteiger partial charge is 0.340 e. The monoisotopic (exact) mass is 118 g/mol. The molecule has 3 nitrogen and oxygen atoms in total. The van der Waals surface area contributed by atoms with Crippen LogP contribution in [0.4, 0.5) is 0 Å². The smallest absolute Gasteiger partial charge is 0.323 e. The third kappa shape index (κ3) is 1.69. The zero-order valence-corrected chi connectivity index (χ0v) is 4.76. The quantitative estimate of drug-likeness (QED) is 0.315. The molecule has 47 valence electrons. The molecule has 3 heteroatoms. The van der Waals surface area contributed by atoms with Crippen LogP contribution in [0.5, 0.6) is 0 Å². The topological polar surface area (TPSA) is 60.7 Å². The molecule has 0 heterocycles. The van der Waals surface area contributed by atoms with Crippen molar-refractivity contribution in [3.8, 4) is 0 Å². The van der Waals surface area contributed by atoms with Crippen molar-refractivity contribution in [2.45, 2.75) is 12.9 Å². The van der Waals surface area contributed by atoms with E-state index in [1.165, 1.54) is 6.92 Å². The molecule has 0 aliphatic carbocycles. The second-order valence-corrected chi connectivity index (χ2v) is 2.20. The van der Waals surface area contributed by atoms with Gasteiger partial charge >= 0.3 is 5.97 Å². The minimum atomic E-state index is -2.78. The van der Waals surface area contributed by atoms with Gasteiger partial charge in [0.05, 0.1) is 6.92 Å². The highest BCUT2D eigenvalue weighted by atomic mass is 16.7. The second kappa shape index (κ2) is 1.62. The first-order chi connectivity index (χ1) is 3.25. The maximum absolute atomic E-state index is 8.34. The molecule has 0 atom stereocenters. The summed E-state index contributed by atoms with van der Waals surface area (Å²) in [7, 11) is 0. The van der Waals surface area contributed by atoms with Crippen molar-refractivity contribution < 1.29 is 15.3 Å². The van der Waals surface area contributed by atoms with Crippen molar-refractivity contribution in [3.63, 3.8) is 0 Å². The molecular formula is C5H10O3+. The van der Waals surface area contributed by atoms with Gasteiger partial charge in [-0.05, 0) is 6.92 Å². The van der Waals surface area contributed by atoms with Gasteiger partial charge in [0, 0.05) is 6.92 Å². The second-order valence-electron chi connectivity index (χ2n) is 2.20. The molecule has 3 N–H and O–H groups in total. The molecule has 0 saturated heterocycles. The molecule has 0 unspecified atom stereocenters. The lowest BCUT2D eigenvalue weighted by Crippen LogP contribution is -2.42. The summed E-state index contributed by atoms with van der Waals surface area (Å²) in [5.74, 6) is -2.78. The van der Waals surface area contributed by atoms with Crippen LogP contribution < -0.4 is 0 Å². The van der Waals surface area contributed by atoms with Crippen molar-refractivity contribution >= 4 is 0 Å². The van der Waals surface area contributed by atoms with Crippen LogP contribution in [-0.4, -0.2) is 21.3 Å². The van der Waals surface area contributed by atoms with Gasteiger partial charge in [0.2, 0.25) is 0 Å². The maximum atomic E-state index is 8.34. The van der Waals surface area contributed by atoms with E-state index >= 15 is 0 Å². The van der Waals surface area contributed by atoms with Crippen LogP contribution in [0.1, 0.15) is 6.92 Å². The van der Waals surface area contributed by atoms with Crippen LogP contribution in [0.3, 0.4) is 0 Å². The fourth-order valence-corrected chi connectivity index (χ4v) is 0. The predicted octanol–water partition coefficient (Wildman–Crippen LogP) is -0.708. The summed E-state index contributed by atoms with van der Waals surface area (Å²) in [6.45, 7) is 7.66. The highest BCUT2D eigenvalue weighted by molar-refractivity contribution is 4.85. The van der Waals surface area contributed by atoms with E-state index in [2.05, 4.69) is 13.8 Å². The van der Waals surface area contributed by atoms with Crippen LogP contribution in [0.25, 0.3) is 0 Å². The first-order valence-corrected chi connectivity index (χ1v) is 2.13. The van der Waals surface area contributed by atoms with Crippen LogP contribution in [-0.2, 0) is 0 Å². The van der Waals surface area contributed by atoms with Gasteiger partial charge in [0.25, 0.3) is 0 Å². The summed E-state index contributed by atoms with van der Waals surface area (Å²) in [4.78, 5) is 0. The van der Waals surface area contributed by atoms with Crippen molar-refractivity contribution in [1.29, 1.82) is 0 Å². The van der Waals surface area contributed by atoms with Crippen LogP contribution in [0.15, 0.2) is 0 Å². The van der Waals surface area contributed by atoms with E-state index in [1.54, 1.807) is 0 Å². The van der Waals surface area contributed by atoms with Crippen LogP contribution >= 0.6 is 0 Å². The molecule has 0 saturated carbocycles. The van der Waals surface area contributed by atoms with Crippen LogP contribution in [0, 0.1) is 19.3 Å². The third-order valence-corrected chi connectivity index (χ3v) is 0.810. The lowest BCUT2D eigenvalue weighted by atomic mass is 9.94. The Morgan fingerprint density at radius 3 is 1.50 bits per heavy atom. The molecule has 0 amide bonds. The van der Waals surface area contributed by atoms with Gasteiger partial charge in [-0.3, -0.25) is 0 Å². The van der Waals surface area contributed by atoms with Gasteiger partial charge in [-0.25, -0.2) is 0 Å². The minimum absolute atomic E-state index is 1.30. The molecule has 0 rings (SSSR count). The molecular weight excluding hydrogens is 108 g/mol. The predicted molar refractivity (Wildman–Crippen MR) is 28.2 cm³/mol. The fraction of sp³-hybridized carbons (Fsp3) is 0.600. The Morgan fingerprint density at radius 1 is 1.38 bits per heavy atom. The van der Waals surface area contributed by atoms with E-state index < -0.39 is 11.4 Å². The van der Waals surface area contributed by atoms with Crippen molar-refractivity contribution in [2.75, 3.05) is 0 Å². The number of aliphatic hydroxyl groups is 3. The normalized spacial score (nSPS) is 14.1. The molecule has 0 aliphatic heterocycles. The summed E-state index contributed by atoms with van der Waals surface area (Å²) >= 11 is 0. The first kappa shape index (κ1) is 7.75. The average Bonchev–Trinajstić information content (AvgIpc) is 1.25. The van der Waals surface area contributed by atoms with Gasteiger partial charge in [-0.15, -0.1) is 0 Å².